The first-order valence-electron chi connectivity index (χ1n) is 10.8. The van der Waals surface area contributed by atoms with Crippen molar-refractivity contribution in [3.63, 3.8) is 0 Å². The monoisotopic (exact) mass is 427 g/mol. The molecule has 0 aliphatic rings. The fourth-order valence-electron chi connectivity index (χ4n) is 4.09. The number of likely N-dealkylation sites (N-methyl/N-ethyl adjacent to an activating group) is 1. The van der Waals surface area contributed by atoms with Gasteiger partial charge in [0, 0.05) is 36.1 Å². The van der Waals surface area contributed by atoms with Gasteiger partial charge in [0.2, 0.25) is 5.91 Å². The number of aromatic amines is 1. The predicted molar refractivity (Wildman–Crippen MR) is 129 cm³/mol. The number of methoxy groups -OCH3 is 1. The Bertz CT molecular complexity index is 1150. The Balaban J connectivity index is 1.48. The van der Waals surface area contributed by atoms with E-state index in [-0.39, 0.29) is 11.8 Å². The molecule has 0 saturated heterocycles. The summed E-state index contributed by atoms with van der Waals surface area (Å²) < 4.78 is 5.32. The van der Waals surface area contributed by atoms with E-state index in [2.05, 4.69) is 46.7 Å². The number of rotatable bonds is 9. The van der Waals surface area contributed by atoms with Gasteiger partial charge in [-0.25, -0.2) is 0 Å². The Morgan fingerprint density at radius 3 is 2.47 bits per heavy atom. The quantitative estimate of drug-likeness (QED) is 0.412. The van der Waals surface area contributed by atoms with Gasteiger partial charge in [-0.2, -0.15) is 0 Å². The van der Waals surface area contributed by atoms with E-state index >= 15 is 0 Å². The number of carbonyl (C=O) groups is 1. The second kappa shape index (κ2) is 10.2. The lowest BCUT2D eigenvalue weighted by molar-refractivity contribution is -0.122. The van der Waals surface area contributed by atoms with Crippen LogP contribution in [0.25, 0.3) is 10.9 Å². The number of ether oxygens (including phenoxy) is 1. The summed E-state index contributed by atoms with van der Waals surface area (Å²) in [5.74, 6) is 0.861. The van der Waals surface area contributed by atoms with Gasteiger partial charge in [-0.15, -0.1) is 0 Å². The van der Waals surface area contributed by atoms with Crippen molar-refractivity contribution in [1.29, 1.82) is 0 Å². The summed E-state index contributed by atoms with van der Waals surface area (Å²) in [6.45, 7) is 1.60. The zero-order chi connectivity index (χ0) is 22.3. The maximum Gasteiger partial charge on any atom is 0.234 e. The highest BCUT2D eigenvalue weighted by atomic mass is 16.5. The van der Waals surface area contributed by atoms with Crippen LogP contribution in [0.3, 0.4) is 0 Å². The van der Waals surface area contributed by atoms with Crippen LogP contribution in [0.1, 0.15) is 22.6 Å². The van der Waals surface area contributed by atoms with Gasteiger partial charge in [0.05, 0.1) is 13.7 Å². The molecule has 1 unspecified atom stereocenters. The molecule has 0 bridgehead atoms. The maximum atomic E-state index is 12.7. The molecule has 5 nitrogen and oxygen atoms in total. The Labute approximate surface area is 189 Å². The molecule has 1 heterocycles. The van der Waals surface area contributed by atoms with Gasteiger partial charge in [0.1, 0.15) is 5.75 Å². The summed E-state index contributed by atoms with van der Waals surface area (Å²) in [5, 5.41) is 4.32. The third-order valence-corrected chi connectivity index (χ3v) is 5.73. The van der Waals surface area contributed by atoms with E-state index in [1.54, 1.807) is 7.11 Å². The normalized spacial score (nSPS) is 12.1. The number of hydrogen-bond acceptors (Lipinski definition) is 3. The van der Waals surface area contributed by atoms with Crippen LogP contribution < -0.4 is 10.1 Å². The molecule has 2 N–H and O–H groups in total. The van der Waals surface area contributed by atoms with E-state index in [4.69, 9.17) is 4.74 Å². The van der Waals surface area contributed by atoms with Crippen molar-refractivity contribution in [1.82, 2.24) is 15.2 Å². The van der Waals surface area contributed by atoms with E-state index in [9.17, 15) is 4.79 Å². The molecule has 1 amide bonds. The van der Waals surface area contributed by atoms with Crippen molar-refractivity contribution in [3.05, 3.63) is 102 Å². The summed E-state index contributed by atoms with van der Waals surface area (Å²) >= 11 is 0. The molecule has 4 rings (SSSR count). The van der Waals surface area contributed by atoms with Crippen LogP contribution in [-0.2, 0) is 11.3 Å². The lowest BCUT2D eigenvalue weighted by atomic mass is 9.90. The number of nitrogens with one attached hydrogen (secondary N) is 2. The summed E-state index contributed by atoms with van der Waals surface area (Å²) in [6, 6.07) is 26.5. The Morgan fingerprint density at radius 1 is 1.00 bits per heavy atom. The fourth-order valence-corrected chi connectivity index (χ4v) is 4.09. The molecular weight excluding hydrogens is 398 g/mol. The van der Waals surface area contributed by atoms with E-state index in [0.29, 0.717) is 13.1 Å². The van der Waals surface area contributed by atoms with E-state index in [0.717, 1.165) is 23.4 Å². The minimum atomic E-state index is 0.0155. The molecule has 1 aromatic heterocycles. The number of benzene rings is 3. The zero-order valence-electron chi connectivity index (χ0n) is 18.5. The van der Waals surface area contributed by atoms with E-state index in [1.807, 2.05) is 60.6 Å². The molecule has 5 heteroatoms. The molecule has 4 aromatic rings. The summed E-state index contributed by atoms with van der Waals surface area (Å²) in [6.07, 6.45) is 2.05. The Hall–Kier alpha value is -3.57. The number of carbonyl (C=O) groups excluding carboxylic acids is 1. The van der Waals surface area contributed by atoms with Gasteiger partial charge in [-0.1, -0.05) is 60.7 Å². The van der Waals surface area contributed by atoms with Crippen molar-refractivity contribution >= 4 is 16.8 Å². The highest BCUT2D eigenvalue weighted by Crippen LogP contribution is 2.31. The highest BCUT2D eigenvalue weighted by Gasteiger charge is 2.19. The van der Waals surface area contributed by atoms with Crippen LogP contribution in [-0.4, -0.2) is 43.0 Å². The van der Waals surface area contributed by atoms with E-state index < -0.39 is 0 Å². The minimum absolute atomic E-state index is 0.0155. The van der Waals surface area contributed by atoms with Crippen LogP contribution >= 0.6 is 0 Å². The van der Waals surface area contributed by atoms with Crippen molar-refractivity contribution in [3.8, 4) is 5.75 Å². The molecule has 32 heavy (non-hydrogen) atoms. The lowest BCUT2D eigenvalue weighted by Gasteiger charge is -2.20. The number of fused-ring (bicyclic) bond motifs is 1. The van der Waals surface area contributed by atoms with Crippen LogP contribution in [0.4, 0.5) is 0 Å². The number of amides is 1. The molecule has 1 atom stereocenters. The lowest BCUT2D eigenvalue weighted by Crippen LogP contribution is -2.37. The molecular formula is C27H29N3O2. The van der Waals surface area contributed by atoms with E-state index in [1.165, 1.54) is 16.5 Å². The van der Waals surface area contributed by atoms with Gasteiger partial charge in [-0.05, 0) is 41.9 Å². The number of H-pyrrole nitrogens is 1. The van der Waals surface area contributed by atoms with Gasteiger partial charge in [0.25, 0.3) is 0 Å². The van der Waals surface area contributed by atoms with Crippen LogP contribution in [0.2, 0.25) is 0 Å². The first-order valence-corrected chi connectivity index (χ1v) is 10.8. The SMILES string of the molecule is COc1ccc(C(CNC(=O)CN(C)Cc2ccccc2)c2c[nH]c3ccccc23)cc1. The molecule has 0 radical (unpaired) electrons. The van der Waals surface area contributed by atoms with Crippen LogP contribution in [0, 0.1) is 0 Å². The summed E-state index contributed by atoms with van der Waals surface area (Å²) in [4.78, 5) is 18.1. The number of para-hydroxylation sites is 1. The molecule has 3 aromatic carbocycles. The second-order valence-electron chi connectivity index (χ2n) is 8.08. The van der Waals surface area contributed by atoms with Gasteiger partial charge in [0.15, 0.2) is 0 Å². The molecule has 0 aliphatic carbocycles. The first kappa shape index (κ1) is 21.7. The van der Waals surface area contributed by atoms with Gasteiger partial charge in [-0.3, -0.25) is 9.69 Å². The average molecular weight is 428 g/mol. The second-order valence-corrected chi connectivity index (χ2v) is 8.08. The third kappa shape index (κ3) is 5.18. The Kier molecular flexibility index (Phi) is 6.87. The number of aromatic nitrogens is 1. The third-order valence-electron chi connectivity index (χ3n) is 5.73. The molecule has 0 spiro atoms. The smallest absolute Gasteiger partial charge is 0.234 e. The van der Waals surface area contributed by atoms with Crippen molar-refractivity contribution < 1.29 is 9.53 Å². The molecule has 0 aliphatic heterocycles. The van der Waals surface area contributed by atoms with Gasteiger partial charge >= 0.3 is 0 Å². The highest BCUT2D eigenvalue weighted by molar-refractivity contribution is 5.84. The van der Waals surface area contributed by atoms with Crippen molar-refractivity contribution in [2.24, 2.45) is 0 Å². The summed E-state index contributed by atoms with van der Waals surface area (Å²) in [7, 11) is 3.63. The zero-order valence-corrected chi connectivity index (χ0v) is 18.5. The van der Waals surface area contributed by atoms with Crippen molar-refractivity contribution in [2.45, 2.75) is 12.5 Å². The maximum absolute atomic E-state index is 12.7. The molecule has 0 fully saturated rings. The van der Waals surface area contributed by atoms with Crippen LogP contribution in [0.15, 0.2) is 85.1 Å². The topological polar surface area (TPSA) is 57.4 Å². The number of hydrogen-bond donors (Lipinski definition) is 2. The summed E-state index contributed by atoms with van der Waals surface area (Å²) in [5.41, 5.74) is 4.59. The van der Waals surface area contributed by atoms with Crippen molar-refractivity contribution in [2.75, 3.05) is 27.2 Å². The average Bonchev–Trinajstić information content (AvgIpc) is 3.24. The molecule has 0 saturated carbocycles. The largest absolute Gasteiger partial charge is 0.497 e. The Morgan fingerprint density at radius 2 is 1.72 bits per heavy atom. The predicted octanol–water partition coefficient (Wildman–Crippen LogP) is 4.56. The first-order chi connectivity index (χ1) is 15.6. The number of nitrogens with zero attached hydrogens (tertiary/aromatic N) is 1. The standard InChI is InChI=1S/C27H29N3O2/c1-30(18-20-8-4-3-5-9-20)19-27(31)29-16-24(21-12-14-22(32-2)15-13-21)25-17-28-26-11-7-6-10-23(25)26/h3-15,17,24,28H,16,18-19H2,1-2H3,(H,29,31). The van der Waals surface area contributed by atoms with Gasteiger partial charge < -0.3 is 15.0 Å². The fraction of sp³-hybridized carbons (Fsp3) is 0.222. The minimum Gasteiger partial charge on any atom is -0.497 e. The van der Waals surface area contributed by atoms with Crippen LogP contribution in [0.5, 0.6) is 5.75 Å². The molecule has 164 valence electrons.